The van der Waals surface area contributed by atoms with Crippen molar-refractivity contribution in [2.24, 2.45) is 0 Å². The molecule has 0 saturated heterocycles. The second-order valence-corrected chi connectivity index (χ2v) is 6.55. The number of esters is 1. The minimum Gasteiger partial charge on any atom is -0.451 e. The molecular weight excluding hydrogens is 332 g/mol. The Bertz CT molecular complexity index is 849. The number of H-pyrrole nitrogens is 1. The number of benzene rings is 1. The van der Waals surface area contributed by atoms with Crippen molar-refractivity contribution < 1.29 is 19.1 Å². The van der Waals surface area contributed by atoms with Crippen LogP contribution in [-0.4, -0.2) is 29.3 Å². The number of Topliss-reactive ketones (excluding diaryl/α,β-unsaturated/α-hetero) is 1. The molecule has 2 rings (SSSR count). The van der Waals surface area contributed by atoms with Gasteiger partial charge in [-0.1, -0.05) is 32.0 Å². The monoisotopic (exact) mass is 356 g/mol. The van der Waals surface area contributed by atoms with Gasteiger partial charge in [-0.25, -0.2) is 4.79 Å². The van der Waals surface area contributed by atoms with Crippen molar-refractivity contribution in [2.75, 3.05) is 11.9 Å². The van der Waals surface area contributed by atoms with Crippen LogP contribution in [0.5, 0.6) is 0 Å². The van der Waals surface area contributed by atoms with Crippen molar-refractivity contribution in [3.05, 3.63) is 52.3 Å². The SMILES string of the molecule is CC(=O)c1c(C)[nH]c(C(=O)OCC(=O)Nc2ccccc2C(C)C)c1C. The molecular formula is C20H24N2O4. The Labute approximate surface area is 152 Å². The number of carbonyl (C=O) groups excluding carboxylic acids is 3. The van der Waals surface area contributed by atoms with Gasteiger partial charge in [0, 0.05) is 16.9 Å². The highest BCUT2D eigenvalue weighted by Crippen LogP contribution is 2.23. The van der Waals surface area contributed by atoms with E-state index >= 15 is 0 Å². The topological polar surface area (TPSA) is 88.3 Å². The lowest BCUT2D eigenvalue weighted by atomic mass is 10.0. The second-order valence-electron chi connectivity index (χ2n) is 6.55. The molecule has 0 aliphatic carbocycles. The lowest BCUT2D eigenvalue weighted by Gasteiger charge is -2.13. The summed E-state index contributed by atoms with van der Waals surface area (Å²) in [4.78, 5) is 38.9. The van der Waals surface area contributed by atoms with Crippen LogP contribution in [0.3, 0.4) is 0 Å². The fourth-order valence-electron chi connectivity index (χ4n) is 2.99. The zero-order chi connectivity index (χ0) is 19.4. The number of nitrogens with one attached hydrogen (secondary N) is 2. The maximum absolute atomic E-state index is 12.2. The van der Waals surface area contributed by atoms with E-state index in [1.165, 1.54) is 6.92 Å². The lowest BCUT2D eigenvalue weighted by molar-refractivity contribution is -0.119. The molecule has 1 amide bonds. The van der Waals surface area contributed by atoms with Crippen LogP contribution in [0, 0.1) is 13.8 Å². The molecule has 0 radical (unpaired) electrons. The predicted molar refractivity (Wildman–Crippen MR) is 99.7 cm³/mol. The zero-order valence-electron chi connectivity index (χ0n) is 15.7. The van der Waals surface area contributed by atoms with Gasteiger partial charge in [-0.05, 0) is 43.9 Å². The predicted octanol–water partition coefficient (Wildman–Crippen LogP) is 3.75. The number of aromatic nitrogens is 1. The van der Waals surface area contributed by atoms with Gasteiger partial charge < -0.3 is 15.0 Å². The summed E-state index contributed by atoms with van der Waals surface area (Å²) in [5.74, 6) is -0.952. The first-order valence-corrected chi connectivity index (χ1v) is 8.48. The van der Waals surface area contributed by atoms with Crippen LogP contribution >= 0.6 is 0 Å². The van der Waals surface area contributed by atoms with Gasteiger partial charge in [0.2, 0.25) is 0 Å². The molecule has 0 atom stereocenters. The third-order valence-electron chi connectivity index (χ3n) is 4.18. The molecule has 0 spiro atoms. The summed E-state index contributed by atoms with van der Waals surface area (Å²) < 4.78 is 5.10. The van der Waals surface area contributed by atoms with Gasteiger partial charge in [0.05, 0.1) is 0 Å². The minimum absolute atomic E-state index is 0.127. The van der Waals surface area contributed by atoms with Crippen LogP contribution in [0.25, 0.3) is 0 Å². The molecule has 0 aliphatic rings. The second kappa shape index (κ2) is 7.99. The number of aryl methyl sites for hydroxylation is 1. The van der Waals surface area contributed by atoms with Crippen molar-refractivity contribution >= 4 is 23.3 Å². The smallest absolute Gasteiger partial charge is 0.355 e. The number of ketones is 1. The number of carbonyl (C=O) groups is 3. The maximum Gasteiger partial charge on any atom is 0.355 e. The summed E-state index contributed by atoms with van der Waals surface area (Å²) in [5, 5.41) is 2.77. The van der Waals surface area contributed by atoms with Gasteiger partial charge in [-0.3, -0.25) is 9.59 Å². The number of para-hydroxylation sites is 1. The van der Waals surface area contributed by atoms with Crippen LogP contribution < -0.4 is 5.32 Å². The van der Waals surface area contributed by atoms with Crippen molar-refractivity contribution in [2.45, 2.75) is 40.5 Å². The molecule has 2 N–H and O–H groups in total. The molecule has 0 saturated carbocycles. The number of anilines is 1. The van der Waals surface area contributed by atoms with E-state index in [4.69, 9.17) is 4.74 Å². The number of rotatable bonds is 6. The highest BCUT2D eigenvalue weighted by molar-refractivity contribution is 6.01. The standard InChI is InChI=1S/C20H24N2O4/c1-11(2)15-8-6-7-9-16(15)22-17(24)10-26-20(25)19-12(3)18(14(5)23)13(4)21-19/h6-9,11,21H,10H2,1-5H3,(H,22,24). The maximum atomic E-state index is 12.2. The molecule has 6 nitrogen and oxygen atoms in total. The summed E-state index contributed by atoms with van der Waals surface area (Å²) in [6.07, 6.45) is 0. The fourth-order valence-corrected chi connectivity index (χ4v) is 2.99. The molecule has 0 bridgehead atoms. The van der Waals surface area contributed by atoms with Crippen LogP contribution in [-0.2, 0) is 9.53 Å². The van der Waals surface area contributed by atoms with Gasteiger partial charge in [0.25, 0.3) is 5.91 Å². The van der Waals surface area contributed by atoms with E-state index in [0.29, 0.717) is 22.5 Å². The van der Waals surface area contributed by atoms with Gasteiger partial charge in [-0.2, -0.15) is 0 Å². The quantitative estimate of drug-likeness (QED) is 0.609. The molecule has 6 heteroatoms. The summed E-state index contributed by atoms with van der Waals surface area (Å²) in [7, 11) is 0. The Balaban J connectivity index is 2.03. The van der Waals surface area contributed by atoms with Gasteiger partial charge in [-0.15, -0.1) is 0 Å². The lowest BCUT2D eigenvalue weighted by Crippen LogP contribution is -2.22. The van der Waals surface area contributed by atoms with E-state index in [1.807, 2.05) is 38.1 Å². The molecule has 26 heavy (non-hydrogen) atoms. The highest BCUT2D eigenvalue weighted by atomic mass is 16.5. The molecule has 0 fully saturated rings. The van der Waals surface area contributed by atoms with Crippen molar-refractivity contribution in [3.63, 3.8) is 0 Å². The molecule has 0 unspecified atom stereocenters. The molecule has 1 aromatic carbocycles. The Morgan fingerprint density at radius 2 is 1.81 bits per heavy atom. The van der Waals surface area contributed by atoms with Crippen LogP contribution in [0.2, 0.25) is 0 Å². The van der Waals surface area contributed by atoms with Crippen LogP contribution in [0.15, 0.2) is 24.3 Å². The third kappa shape index (κ3) is 4.20. The van der Waals surface area contributed by atoms with Gasteiger partial charge in [0.15, 0.2) is 12.4 Å². The van der Waals surface area contributed by atoms with Gasteiger partial charge >= 0.3 is 5.97 Å². The van der Waals surface area contributed by atoms with Crippen molar-refractivity contribution in [1.29, 1.82) is 0 Å². The minimum atomic E-state index is -0.662. The molecule has 1 heterocycles. The molecule has 1 aromatic heterocycles. The molecule has 138 valence electrons. The summed E-state index contributed by atoms with van der Waals surface area (Å²) in [5.41, 5.74) is 3.53. The number of ether oxygens (including phenoxy) is 1. The normalized spacial score (nSPS) is 10.7. The van der Waals surface area contributed by atoms with E-state index in [-0.39, 0.29) is 17.4 Å². The largest absolute Gasteiger partial charge is 0.451 e. The van der Waals surface area contributed by atoms with E-state index in [0.717, 1.165) is 5.56 Å². The number of amides is 1. The summed E-state index contributed by atoms with van der Waals surface area (Å²) in [6, 6.07) is 7.50. The summed E-state index contributed by atoms with van der Waals surface area (Å²) >= 11 is 0. The highest BCUT2D eigenvalue weighted by Gasteiger charge is 2.21. The Kier molecular flexibility index (Phi) is 5.97. The zero-order valence-corrected chi connectivity index (χ0v) is 15.7. The van der Waals surface area contributed by atoms with E-state index in [2.05, 4.69) is 10.3 Å². The molecule has 0 aliphatic heterocycles. The number of hydrogen-bond donors (Lipinski definition) is 2. The number of hydrogen-bond acceptors (Lipinski definition) is 4. The third-order valence-corrected chi connectivity index (χ3v) is 4.18. The van der Waals surface area contributed by atoms with Crippen molar-refractivity contribution in [3.8, 4) is 0 Å². The van der Waals surface area contributed by atoms with Crippen LogP contribution in [0.1, 0.15) is 64.4 Å². The molecule has 2 aromatic rings. The van der Waals surface area contributed by atoms with E-state index in [1.54, 1.807) is 13.8 Å². The van der Waals surface area contributed by atoms with E-state index in [9.17, 15) is 14.4 Å². The van der Waals surface area contributed by atoms with Gasteiger partial charge in [0.1, 0.15) is 5.69 Å². The average Bonchev–Trinajstić information content (AvgIpc) is 2.87. The first kappa shape index (κ1) is 19.4. The van der Waals surface area contributed by atoms with E-state index < -0.39 is 18.5 Å². The fraction of sp³-hybridized carbons (Fsp3) is 0.350. The Hall–Kier alpha value is -2.89. The first-order chi connectivity index (χ1) is 12.2. The summed E-state index contributed by atoms with van der Waals surface area (Å²) in [6.45, 7) is 8.50. The van der Waals surface area contributed by atoms with Crippen LogP contribution in [0.4, 0.5) is 5.69 Å². The Morgan fingerprint density at radius 3 is 2.38 bits per heavy atom. The first-order valence-electron chi connectivity index (χ1n) is 8.48. The Morgan fingerprint density at radius 1 is 1.15 bits per heavy atom. The number of aromatic amines is 1. The average molecular weight is 356 g/mol. The van der Waals surface area contributed by atoms with Crippen molar-refractivity contribution in [1.82, 2.24) is 4.98 Å².